The molecule has 0 fully saturated rings. The second-order valence-corrected chi connectivity index (χ2v) is 3.57. The number of rotatable bonds is 0. The fourth-order valence-electron chi connectivity index (χ4n) is 0.744. The van der Waals surface area contributed by atoms with Crippen LogP contribution in [0.25, 0.3) is 10.2 Å². The van der Waals surface area contributed by atoms with E-state index in [0.29, 0.717) is 0 Å². The molecule has 0 saturated heterocycles. The monoisotopic (exact) mass is 214 g/mol. The van der Waals surface area contributed by atoms with Gasteiger partial charge in [0.15, 0.2) is 0 Å². The summed E-state index contributed by atoms with van der Waals surface area (Å²) in [5.41, 5.74) is 0. The zero-order valence-corrected chi connectivity index (χ0v) is 7.32. The Morgan fingerprint density at radius 2 is 2.30 bits per heavy atom. The number of hydrogen-bond donors (Lipinski definition) is 0. The molecule has 0 saturated carbocycles. The molecule has 0 aromatic carbocycles. The molecule has 10 heavy (non-hydrogen) atoms. The number of fused-ring (bicyclic) bond motifs is 1. The highest BCUT2D eigenvalue weighted by molar-refractivity contribution is 9.10. The first kappa shape index (κ1) is 6.24. The Morgan fingerprint density at radius 1 is 1.40 bits per heavy atom. The van der Waals surface area contributed by atoms with Crippen molar-refractivity contribution < 1.29 is 0 Å². The molecule has 0 aliphatic heterocycles. The predicted octanol–water partition coefficient (Wildman–Crippen LogP) is 2.45. The van der Waals surface area contributed by atoms with Crippen molar-refractivity contribution >= 4 is 37.7 Å². The van der Waals surface area contributed by atoms with Gasteiger partial charge in [-0.1, -0.05) is 0 Å². The van der Waals surface area contributed by atoms with E-state index in [1.54, 1.807) is 6.20 Å². The number of aromatic nitrogens is 2. The van der Waals surface area contributed by atoms with Crippen LogP contribution in [0.15, 0.2) is 22.9 Å². The van der Waals surface area contributed by atoms with Crippen LogP contribution < -0.4 is 0 Å². The van der Waals surface area contributed by atoms with Crippen molar-refractivity contribution in [3.63, 3.8) is 0 Å². The molecule has 0 bridgehead atoms. The smallest absolute Gasteiger partial charge is 0.143 e. The third-order valence-corrected chi connectivity index (χ3v) is 2.33. The quantitative estimate of drug-likeness (QED) is 0.674. The van der Waals surface area contributed by atoms with Crippen LogP contribution in [0.1, 0.15) is 0 Å². The molecule has 2 rings (SSSR count). The first-order chi connectivity index (χ1) is 4.86. The second kappa shape index (κ2) is 2.29. The summed E-state index contributed by atoms with van der Waals surface area (Å²) in [5.74, 6) is 0. The van der Waals surface area contributed by atoms with E-state index in [1.165, 1.54) is 11.5 Å². The summed E-state index contributed by atoms with van der Waals surface area (Å²) in [7, 11) is 0. The fraction of sp³-hybridized carbons (Fsp3) is 0. The van der Waals surface area contributed by atoms with Crippen molar-refractivity contribution in [2.75, 3.05) is 0 Å². The summed E-state index contributed by atoms with van der Waals surface area (Å²) in [4.78, 5) is 5.14. The summed E-state index contributed by atoms with van der Waals surface area (Å²) in [6.45, 7) is 0. The van der Waals surface area contributed by atoms with Gasteiger partial charge in [-0.15, -0.1) is 0 Å². The fourth-order valence-corrected chi connectivity index (χ4v) is 1.68. The normalized spacial score (nSPS) is 10.5. The Bertz CT molecular complexity index is 357. The number of pyridine rings is 1. The van der Waals surface area contributed by atoms with Crippen LogP contribution in [0, 0.1) is 0 Å². The van der Waals surface area contributed by atoms with Gasteiger partial charge in [0, 0.05) is 16.1 Å². The predicted molar refractivity (Wildman–Crippen MR) is 45.1 cm³/mol. The van der Waals surface area contributed by atoms with E-state index in [4.69, 9.17) is 0 Å². The maximum absolute atomic E-state index is 4.15. The van der Waals surface area contributed by atoms with E-state index in [1.807, 2.05) is 12.3 Å². The van der Waals surface area contributed by atoms with Gasteiger partial charge in [-0.3, -0.25) is 0 Å². The summed E-state index contributed by atoms with van der Waals surface area (Å²) >= 11 is 4.75. The largest absolute Gasteiger partial charge is 0.243 e. The number of halogens is 1. The van der Waals surface area contributed by atoms with E-state index in [9.17, 15) is 0 Å². The van der Waals surface area contributed by atoms with Gasteiger partial charge in [0.1, 0.15) is 4.83 Å². The third-order valence-electron chi connectivity index (χ3n) is 1.18. The summed E-state index contributed by atoms with van der Waals surface area (Å²) in [5, 5.41) is 1.10. The molecule has 0 atom stereocenters. The highest BCUT2D eigenvalue weighted by atomic mass is 79.9. The topological polar surface area (TPSA) is 25.8 Å². The van der Waals surface area contributed by atoms with E-state index >= 15 is 0 Å². The average molecular weight is 215 g/mol. The van der Waals surface area contributed by atoms with E-state index in [-0.39, 0.29) is 0 Å². The van der Waals surface area contributed by atoms with Gasteiger partial charge in [0.2, 0.25) is 0 Å². The summed E-state index contributed by atoms with van der Waals surface area (Å²) in [6, 6.07) is 2.01. The molecule has 0 N–H and O–H groups in total. The minimum atomic E-state index is 0.989. The van der Waals surface area contributed by atoms with E-state index < -0.39 is 0 Å². The summed E-state index contributed by atoms with van der Waals surface area (Å²) in [6.07, 6.45) is 3.60. The van der Waals surface area contributed by atoms with Gasteiger partial charge in [-0.25, -0.2) is 4.98 Å². The van der Waals surface area contributed by atoms with Crippen LogP contribution in [-0.2, 0) is 0 Å². The Balaban J connectivity index is 2.86. The molecular formula is C6H3BrN2S. The molecule has 0 amide bonds. The molecule has 2 aromatic heterocycles. The second-order valence-electron chi connectivity index (χ2n) is 1.87. The minimum absolute atomic E-state index is 0.989. The number of hydrogen-bond acceptors (Lipinski definition) is 3. The molecule has 0 aliphatic rings. The lowest BCUT2D eigenvalue weighted by atomic mass is 10.4. The zero-order valence-electron chi connectivity index (χ0n) is 4.91. The van der Waals surface area contributed by atoms with Gasteiger partial charge in [-0.2, -0.15) is 4.37 Å². The lowest BCUT2D eigenvalue weighted by Crippen LogP contribution is -1.69. The Hall–Kier alpha value is -0.480. The molecule has 2 nitrogen and oxygen atoms in total. The zero-order chi connectivity index (χ0) is 6.97. The van der Waals surface area contributed by atoms with Crippen LogP contribution in [0.3, 0.4) is 0 Å². The lowest BCUT2D eigenvalue weighted by Gasteiger charge is -1.86. The Labute approximate surface area is 70.2 Å². The van der Waals surface area contributed by atoms with Crippen LogP contribution in [0.5, 0.6) is 0 Å². The first-order valence-corrected chi connectivity index (χ1v) is 4.29. The van der Waals surface area contributed by atoms with Crippen molar-refractivity contribution in [2.24, 2.45) is 0 Å². The maximum atomic E-state index is 4.15. The minimum Gasteiger partial charge on any atom is -0.243 e. The lowest BCUT2D eigenvalue weighted by molar-refractivity contribution is 1.42. The highest BCUT2D eigenvalue weighted by Crippen LogP contribution is 2.18. The van der Waals surface area contributed by atoms with Crippen LogP contribution >= 0.6 is 27.5 Å². The number of nitrogens with zero attached hydrogens (tertiary/aromatic N) is 2. The van der Waals surface area contributed by atoms with Crippen LogP contribution in [0.2, 0.25) is 0 Å². The molecule has 0 aliphatic carbocycles. The Kier molecular flexibility index (Phi) is 1.43. The van der Waals surface area contributed by atoms with Gasteiger partial charge in [0.25, 0.3) is 0 Å². The molecule has 0 spiro atoms. The molecule has 50 valence electrons. The molecule has 2 aromatic rings. The van der Waals surface area contributed by atoms with Crippen LogP contribution in [-0.4, -0.2) is 9.36 Å². The summed E-state index contributed by atoms with van der Waals surface area (Å²) < 4.78 is 5.00. The molecule has 2 heterocycles. The van der Waals surface area contributed by atoms with Crippen molar-refractivity contribution in [2.45, 2.75) is 0 Å². The molecule has 0 radical (unpaired) electrons. The van der Waals surface area contributed by atoms with Crippen LogP contribution in [0.4, 0.5) is 0 Å². The Morgan fingerprint density at radius 3 is 3.20 bits per heavy atom. The first-order valence-electron chi connectivity index (χ1n) is 2.72. The van der Waals surface area contributed by atoms with Gasteiger partial charge < -0.3 is 0 Å². The van der Waals surface area contributed by atoms with Gasteiger partial charge in [-0.05, 0) is 33.5 Å². The highest BCUT2D eigenvalue weighted by Gasteiger charge is 1.95. The van der Waals surface area contributed by atoms with Crippen molar-refractivity contribution in [3.05, 3.63) is 22.9 Å². The van der Waals surface area contributed by atoms with Crippen molar-refractivity contribution in [3.8, 4) is 0 Å². The van der Waals surface area contributed by atoms with Crippen molar-refractivity contribution in [1.29, 1.82) is 0 Å². The standard InChI is InChI=1S/C6H3BrN2S/c7-5-1-4-2-9-10-6(4)8-3-5/h1-3H. The molecule has 4 heteroatoms. The SMILES string of the molecule is Brc1cnc2sncc2c1. The molecular weight excluding hydrogens is 212 g/mol. The van der Waals surface area contributed by atoms with Gasteiger partial charge >= 0.3 is 0 Å². The average Bonchev–Trinajstić information content (AvgIpc) is 2.33. The molecule has 0 unspecified atom stereocenters. The van der Waals surface area contributed by atoms with E-state index in [0.717, 1.165) is 14.7 Å². The van der Waals surface area contributed by atoms with Crippen molar-refractivity contribution in [1.82, 2.24) is 9.36 Å². The van der Waals surface area contributed by atoms with E-state index in [2.05, 4.69) is 25.3 Å². The maximum Gasteiger partial charge on any atom is 0.143 e. The van der Waals surface area contributed by atoms with Gasteiger partial charge in [0.05, 0.1) is 6.20 Å². The third kappa shape index (κ3) is 0.932.